The lowest BCUT2D eigenvalue weighted by Crippen LogP contribution is -1.98. The molecular formula is C12H11Cl2N3O. The molecule has 1 heterocycles. The largest absolute Gasteiger partial charge is 0.497 e. The molecule has 0 saturated carbocycles. The smallest absolute Gasteiger partial charge is 0.224 e. The maximum atomic E-state index is 5.99. The molecule has 18 heavy (non-hydrogen) atoms. The molecule has 6 heteroatoms. The van der Waals surface area contributed by atoms with Crippen molar-refractivity contribution in [1.82, 2.24) is 9.97 Å². The summed E-state index contributed by atoms with van der Waals surface area (Å²) in [6.07, 6.45) is 1.46. The van der Waals surface area contributed by atoms with Crippen LogP contribution in [0.15, 0.2) is 24.4 Å². The quantitative estimate of drug-likeness (QED) is 0.870. The lowest BCUT2D eigenvalue weighted by Gasteiger charge is -2.11. The predicted octanol–water partition coefficient (Wildman–Crippen LogP) is 3.84. The fourth-order valence-electron chi connectivity index (χ4n) is 1.46. The Balaban J connectivity index is 2.31. The first-order valence-electron chi connectivity index (χ1n) is 5.20. The second-order valence-electron chi connectivity index (χ2n) is 3.64. The summed E-state index contributed by atoms with van der Waals surface area (Å²) in [4.78, 5) is 7.82. The van der Waals surface area contributed by atoms with Crippen LogP contribution in [0.25, 0.3) is 0 Å². The SMILES string of the molecule is COc1ccc(Nc2nc(Cl)ncc2Cl)c(C)c1. The summed E-state index contributed by atoms with van der Waals surface area (Å²) in [5.74, 6) is 1.27. The number of ether oxygens (including phenoxy) is 1. The van der Waals surface area contributed by atoms with Gasteiger partial charge in [-0.1, -0.05) is 11.6 Å². The van der Waals surface area contributed by atoms with Crippen molar-refractivity contribution in [3.05, 3.63) is 40.3 Å². The van der Waals surface area contributed by atoms with E-state index in [1.54, 1.807) is 7.11 Å². The zero-order valence-corrected chi connectivity index (χ0v) is 11.4. The number of anilines is 2. The van der Waals surface area contributed by atoms with E-state index in [1.165, 1.54) is 6.20 Å². The first kappa shape index (κ1) is 12.9. The minimum atomic E-state index is 0.146. The monoisotopic (exact) mass is 283 g/mol. The Bertz CT molecular complexity index is 575. The Labute approximate surface area is 115 Å². The molecule has 1 aromatic heterocycles. The molecule has 0 atom stereocenters. The normalized spacial score (nSPS) is 10.2. The molecule has 2 rings (SSSR count). The molecule has 1 N–H and O–H groups in total. The molecule has 0 saturated heterocycles. The molecule has 0 aliphatic rings. The predicted molar refractivity (Wildman–Crippen MR) is 73.1 cm³/mol. The van der Waals surface area contributed by atoms with Crippen molar-refractivity contribution in [3.63, 3.8) is 0 Å². The molecule has 0 radical (unpaired) electrons. The van der Waals surface area contributed by atoms with Gasteiger partial charge in [-0.15, -0.1) is 0 Å². The molecule has 4 nitrogen and oxygen atoms in total. The molecule has 0 bridgehead atoms. The van der Waals surface area contributed by atoms with Gasteiger partial charge in [0.05, 0.1) is 13.3 Å². The topological polar surface area (TPSA) is 47.0 Å². The minimum absolute atomic E-state index is 0.146. The van der Waals surface area contributed by atoms with Crippen LogP contribution in [-0.4, -0.2) is 17.1 Å². The standard InChI is InChI=1S/C12H11Cl2N3O/c1-7-5-8(18-2)3-4-10(7)16-11-9(13)6-15-12(14)17-11/h3-6H,1-2H3,(H,15,16,17). The van der Waals surface area contributed by atoms with Gasteiger partial charge in [0.1, 0.15) is 10.8 Å². The molecule has 94 valence electrons. The average molecular weight is 284 g/mol. The van der Waals surface area contributed by atoms with E-state index in [1.807, 2.05) is 25.1 Å². The van der Waals surface area contributed by atoms with E-state index in [9.17, 15) is 0 Å². The van der Waals surface area contributed by atoms with E-state index in [4.69, 9.17) is 27.9 Å². The summed E-state index contributed by atoms with van der Waals surface area (Å²) in [6.45, 7) is 1.96. The zero-order chi connectivity index (χ0) is 13.1. The summed E-state index contributed by atoms with van der Waals surface area (Å²) < 4.78 is 5.14. The van der Waals surface area contributed by atoms with Gasteiger partial charge >= 0.3 is 0 Å². The summed E-state index contributed by atoms with van der Waals surface area (Å²) >= 11 is 11.7. The van der Waals surface area contributed by atoms with Gasteiger partial charge in [-0.25, -0.2) is 4.98 Å². The average Bonchev–Trinajstić information content (AvgIpc) is 2.36. The Hall–Kier alpha value is -1.52. The van der Waals surface area contributed by atoms with Crippen LogP contribution in [0.1, 0.15) is 5.56 Å². The van der Waals surface area contributed by atoms with Gasteiger partial charge in [-0.05, 0) is 42.3 Å². The fourth-order valence-corrected chi connectivity index (χ4v) is 1.74. The number of rotatable bonds is 3. The van der Waals surface area contributed by atoms with Gasteiger partial charge in [0.2, 0.25) is 5.28 Å². The number of hydrogen-bond acceptors (Lipinski definition) is 4. The highest BCUT2D eigenvalue weighted by Crippen LogP contribution is 2.27. The number of methoxy groups -OCH3 is 1. The van der Waals surface area contributed by atoms with Gasteiger partial charge in [0, 0.05) is 5.69 Å². The van der Waals surface area contributed by atoms with E-state index in [-0.39, 0.29) is 5.28 Å². The molecule has 1 aromatic carbocycles. The maximum Gasteiger partial charge on any atom is 0.224 e. The lowest BCUT2D eigenvalue weighted by atomic mass is 10.2. The van der Waals surface area contributed by atoms with Crippen LogP contribution in [0.3, 0.4) is 0 Å². The number of halogens is 2. The van der Waals surface area contributed by atoms with Gasteiger partial charge in [0.25, 0.3) is 0 Å². The second kappa shape index (κ2) is 5.42. The van der Waals surface area contributed by atoms with Crippen molar-refractivity contribution in [2.45, 2.75) is 6.92 Å². The first-order valence-corrected chi connectivity index (χ1v) is 5.95. The van der Waals surface area contributed by atoms with Crippen LogP contribution in [0.2, 0.25) is 10.3 Å². The van der Waals surface area contributed by atoms with E-state index >= 15 is 0 Å². The Kier molecular flexibility index (Phi) is 3.89. The van der Waals surface area contributed by atoms with Crippen LogP contribution >= 0.6 is 23.2 Å². The van der Waals surface area contributed by atoms with Crippen molar-refractivity contribution in [3.8, 4) is 5.75 Å². The third-order valence-electron chi connectivity index (χ3n) is 2.40. The Morgan fingerprint density at radius 3 is 2.72 bits per heavy atom. The molecular weight excluding hydrogens is 273 g/mol. The van der Waals surface area contributed by atoms with Gasteiger partial charge in [-0.2, -0.15) is 4.98 Å². The molecule has 0 fully saturated rings. The number of aryl methyl sites for hydroxylation is 1. The van der Waals surface area contributed by atoms with Crippen LogP contribution in [0.5, 0.6) is 5.75 Å². The van der Waals surface area contributed by atoms with Crippen molar-refractivity contribution in [2.24, 2.45) is 0 Å². The lowest BCUT2D eigenvalue weighted by molar-refractivity contribution is 0.414. The van der Waals surface area contributed by atoms with Crippen LogP contribution in [0, 0.1) is 6.92 Å². The molecule has 0 aliphatic heterocycles. The van der Waals surface area contributed by atoms with Crippen molar-refractivity contribution in [2.75, 3.05) is 12.4 Å². The van der Waals surface area contributed by atoms with Gasteiger partial charge < -0.3 is 10.1 Å². The zero-order valence-electron chi connectivity index (χ0n) is 9.87. The summed E-state index contributed by atoms with van der Waals surface area (Å²) in [6, 6.07) is 5.66. The van der Waals surface area contributed by atoms with Crippen LogP contribution in [-0.2, 0) is 0 Å². The van der Waals surface area contributed by atoms with E-state index in [0.29, 0.717) is 10.8 Å². The van der Waals surface area contributed by atoms with Crippen molar-refractivity contribution in [1.29, 1.82) is 0 Å². The highest BCUT2D eigenvalue weighted by Gasteiger charge is 2.07. The number of benzene rings is 1. The third kappa shape index (κ3) is 2.83. The van der Waals surface area contributed by atoms with Crippen molar-refractivity contribution >= 4 is 34.7 Å². The fraction of sp³-hybridized carbons (Fsp3) is 0.167. The summed E-state index contributed by atoms with van der Waals surface area (Å²) in [7, 11) is 1.63. The molecule has 0 amide bonds. The first-order chi connectivity index (χ1) is 8.60. The Morgan fingerprint density at radius 2 is 2.06 bits per heavy atom. The third-order valence-corrected chi connectivity index (χ3v) is 2.86. The maximum absolute atomic E-state index is 5.99. The van der Waals surface area contributed by atoms with Crippen LogP contribution in [0.4, 0.5) is 11.5 Å². The molecule has 0 unspecified atom stereocenters. The summed E-state index contributed by atoms with van der Waals surface area (Å²) in [5.41, 5.74) is 1.90. The number of aromatic nitrogens is 2. The highest BCUT2D eigenvalue weighted by molar-refractivity contribution is 6.33. The van der Waals surface area contributed by atoms with E-state index < -0.39 is 0 Å². The molecule has 2 aromatic rings. The minimum Gasteiger partial charge on any atom is -0.497 e. The van der Waals surface area contributed by atoms with E-state index in [0.717, 1.165) is 17.0 Å². The number of hydrogen-bond donors (Lipinski definition) is 1. The van der Waals surface area contributed by atoms with Gasteiger partial charge in [-0.3, -0.25) is 0 Å². The molecule has 0 aliphatic carbocycles. The van der Waals surface area contributed by atoms with Gasteiger partial charge in [0.15, 0.2) is 5.82 Å². The van der Waals surface area contributed by atoms with Crippen molar-refractivity contribution < 1.29 is 4.74 Å². The highest BCUT2D eigenvalue weighted by atomic mass is 35.5. The van der Waals surface area contributed by atoms with Crippen LogP contribution < -0.4 is 10.1 Å². The summed E-state index contributed by atoms with van der Waals surface area (Å²) in [5, 5.41) is 3.67. The second-order valence-corrected chi connectivity index (χ2v) is 4.39. The number of nitrogens with zero attached hydrogens (tertiary/aromatic N) is 2. The molecule has 0 spiro atoms. The van der Waals surface area contributed by atoms with E-state index in [2.05, 4.69) is 15.3 Å². The number of nitrogens with one attached hydrogen (secondary N) is 1. The Morgan fingerprint density at radius 1 is 1.28 bits per heavy atom.